The van der Waals surface area contributed by atoms with Gasteiger partial charge in [-0.15, -0.1) is 0 Å². The molecule has 2 N–H and O–H groups in total. The predicted octanol–water partition coefficient (Wildman–Crippen LogP) is -1.15. The van der Waals surface area contributed by atoms with E-state index >= 15 is 0 Å². The van der Waals surface area contributed by atoms with E-state index in [0.29, 0.717) is 0 Å². The van der Waals surface area contributed by atoms with Crippen molar-refractivity contribution < 1.29 is 28.5 Å². The van der Waals surface area contributed by atoms with Crippen LogP contribution in [0.3, 0.4) is 0 Å². The van der Waals surface area contributed by atoms with Gasteiger partial charge in [-0.3, -0.25) is 19.4 Å². The van der Waals surface area contributed by atoms with Gasteiger partial charge in [0.1, 0.15) is 18.4 Å². The second-order valence-electron chi connectivity index (χ2n) is 7.21. The van der Waals surface area contributed by atoms with Crippen molar-refractivity contribution >= 4 is 11.9 Å². The quantitative estimate of drug-likeness (QED) is 0.463. The molecule has 30 heavy (non-hydrogen) atoms. The van der Waals surface area contributed by atoms with Crippen molar-refractivity contribution in [1.82, 2.24) is 20.1 Å². The largest absolute Gasteiger partial charge is 0.466 e. The van der Waals surface area contributed by atoms with E-state index in [2.05, 4.69) is 15.4 Å². The molecule has 0 amide bonds. The summed E-state index contributed by atoms with van der Waals surface area (Å²) in [6.45, 7) is 3.18. The Morgan fingerprint density at radius 2 is 2.10 bits per heavy atom. The summed E-state index contributed by atoms with van der Waals surface area (Å²) in [5.41, 5.74) is -1.49. The zero-order chi connectivity index (χ0) is 21.8. The van der Waals surface area contributed by atoms with Crippen LogP contribution in [0.1, 0.15) is 39.3 Å². The van der Waals surface area contributed by atoms with Crippen LogP contribution in [0.15, 0.2) is 15.8 Å². The number of aromatic nitrogens is 3. The summed E-state index contributed by atoms with van der Waals surface area (Å²) in [7, 11) is 1.42. The Kier molecular flexibility index (Phi) is 7.00. The molecule has 12 nitrogen and oxygen atoms in total. The van der Waals surface area contributed by atoms with Crippen LogP contribution in [-0.4, -0.2) is 70.8 Å². The Labute approximate surface area is 171 Å². The van der Waals surface area contributed by atoms with Gasteiger partial charge in [0.05, 0.1) is 13.0 Å². The summed E-state index contributed by atoms with van der Waals surface area (Å²) in [6.07, 6.45) is -0.896. The normalized spacial score (nSPS) is 26.9. The Bertz CT molecular complexity index is 879. The molecule has 1 aromatic heterocycles. The number of H-pyrrole nitrogens is 1. The van der Waals surface area contributed by atoms with E-state index < -0.39 is 53.8 Å². The molecule has 3 rings (SSSR count). The van der Waals surface area contributed by atoms with E-state index in [4.69, 9.17) is 18.9 Å². The van der Waals surface area contributed by atoms with Crippen LogP contribution in [0.4, 0.5) is 0 Å². The number of carbonyl (C=O) groups is 2. The molecular weight excluding hydrogens is 400 g/mol. The number of nitrogens with zero attached hydrogens (tertiary/aromatic N) is 2. The maximum atomic E-state index is 12.3. The van der Waals surface area contributed by atoms with Gasteiger partial charge in [-0.05, 0) is 19.8 Å². The van der Waals surface area contributed by atoms with Gasteiger partial charge in [0.2, 0.25) is 0 Å². The summed E-state index contributed by atoms with van der Waals surface area (Å²) in [5.74, 6) is -1.02. The highest BCUT2D eigenvalue weighted by Gasteiger charge is 2.52. The Morgan fingerprint density at radius 1 is 1.37 bits per heavy atom. The average molecular weight is 426 g/mol. The molecule has 2 heterocycles. The van der Waals surface area contributed by atoms with Crippen LogP contribution in [0.2, 0.25) is 0 Å². The molecule has 1 saturated heterocycles. The third-order valence-corrected chi connectivity index (χ3v) is 4.89. The van der Waals surface area contributed by atoms with Crippen molar-refractivity contribution in [3.63, 3.8) is 0 Å². The first-order chi connectivity index (χ1) is 14.3. The van der Waals surface area contributed by atoms with Crippen molar-refractivity contribution in [2.45, 2.75) is 69.7 Å². The molecular formula is C18H26N4O8. The van der Waals surface area contributed by atoms with E-state index in [1.54, 1.807) is 6.92 Å². The fraction of sp³-hybridized carbons (Fsp3) is 0.722. The van der Waals surface area contributed by atoms with Gasteiger partial charge in [0.25, 0.3) is 5.56 Å². The number of carbonyl (C=O) groups excluding carboxylic acids is 2. The highest BCUT2D eigenvalue weighted by Crippen LogP contribution is 2.35. The fourth-order valence-electron chi connectivity index (χ4n) is 3.54. The zero-order valence-electron chi connectivity index (χ0n) is 17.0. The van der Waals surface area contributed by atoms with Gasteiger partial charge >= 0.3 is 17.6 Å². The molecule has 12 heteroatoms. The number of methoxy groups -OCH3 is 1. The SMILES string of the molecule is CCOC(=O)CC(NC1CC1)[C@@H]1O[C@H](n2ncc(=O)[nH]c2=O)[C@H](OC(C)=O)[C@H]1OC. The summed E-state index contributed by atoms with van der Waals surface area (Å²) in [5, 5.41) is 7.16. The summed E-state index contributed by atoms with van der Waals surface area (Å²) in [6, 6.07) is -0.284. The van der Waals surface area contributed by atoms with Crippen LogP contribution in [0, 0.1) is 0 Å². The van der Waals surface area contributed by atoms with Gasteiger partial charge in [0, 0.05) is 26.1 Å². The van der Waals surface area contributed by atoms with Gasteiger partial charge in [-0.25, -0.2) is 4.79 Å². The van der Waals surface area contributed by atoms with Crippen LogP contribution in [-0.2, 0) is 28.5 Å². The Hall–Kier alpha value is -2.57. The fourth-order valence-corrected chi connectivity index (χ4v) is 3.54. The second kappa shape index (κ2) is 9.49. The van der Waals surface area contributed by atoms with E-state index in [0.717, 1.165) is 23.7 Å². The number of esters is 2. The first-order valence-electron chi connectivity index (χ1n) is 9.79. The van der Waals surface area contributed by atoms with E-state index in [-0.39, 0.29) is 19.1 Å². The number of nitrogens with one attached hydrogen (secondary N) is 2. The van der Waals surface area contributed by atoms with E-state index in [1.807, 2.05) is 0 Å². The minimum atomic E-state index is -1.15. The van der Waals surface area contributed by atoms with Gasteiger partial charge in [-0.2, -0.15) is 9.78 Å². The average Bonchev–Trinajstić information content (AvgIpc) is 3.42. The molecule has 5 atom stereocenters. The molecule has 1 aliphatic carbocycles. The molecule has 1 aromatic rings. The third-order valence-electron chi connectivity index (χ3n) is 4.89. The number of aromatic amines is 1. The lowest BCUT2D eigenvalue weighted by molar-refractivity contribution is -0.157. The summed E-state index contributed by atoms with van der Waals surface area (Å²) >= 11 is 0. The first-order valence-corrected chi connectivity index (χ1v) is 9.79. The third kappa shape index (κ3) is 5.12. The topological polar surface area (TPSA) is 151 Å². The second-order valence-corrected chi connectivity index (χ2v) is 7.21. The summed E-state index contributed by atoms with van der Waals surface area (Å²) < 4.78 is 23.0. The molecule has 1 unspecified atom stereocenters. The first kappa shape index (κ1) is 22.1. The maximum absolute atomic E-state index is 12.3. The van der Waals surface area contributed by atoms with Gasteiger partial charge < -0.3 is 24.3 Å². The predicted molar refractivity (Wildman–Crippen MR) is 101 cm³/mol. The zero-order valence-corrected chi connectivity index (χ0v) is 17.0. The van der Waals surface area contributed by atoms with Crippen LogP contribution in [0.25, 0.3) is 0 Å². The number of hydrogen-bond donors (Lipinski definition) is 2. The van der Waals surface area contributed by atoms with Crippen LogP contribution in [0.5, 0.6) is 0 Å². The standard InChI is InChI=1S/C18H26N4O8/c1-4-28-13(25)7-11(20-10-5-6-10)14-15(27-3)16(29-9(2)23)17(30-14)22-18(26)21-12(24)8-19-22/h8,10-11,14-17,20H,4-7H2,1-3H3,(H,21,24,26)/t11?,14-,15-,16+,17-/m0/s1. The lowest BCUT2D eigenvalue weighted by atomic mass is 10.00. The highest BCUT2D eigenvalue weighted by atomic mass is 16.6. The smallest absolute Gasteiger partial charge is 0.347 e. The molecule has 0 bridgehead atoms. The van der Waals surface area contributed by atoms with Gasteiger partial charge in [-0.1, -0.05) is 0 Å². The molecule has 1 aliphatic heterocycles. The van der Waals surface area contributed by atoms with E-state index in [1.165, 1.54) is 14.0 Å². The van der Waals surface area contributed by atoms with Crippen molar-refractivity contribution in [1.29, 1.82) is 0 Å². The number of ether oxygens (including phenoxy) is 4. The van der Waals surface area contributed by atoms with E-state index in [9.17, 15) is 19.2 Å². The minimum Gasteiger partial charge on any atom is -0.466 e. The Balaban J connectivity index is 1.93. The molecule has 0 spiro atoms. The number of rotatable bonds is 9. The molecule has 2 fully saturated rings. The molecule has 166 valence electrons. The van der Waals surface area contributed by atoms with Crippen molar-refractivity contribution in [2.75, 3.05) is 13.7 Å². The van der Waals surface area contributed by atoms with Crippen molar-refractivity contribution in [2.24, 2.45) is 0 Å². The lowest BCUT2D eigenvalue weighted by Gasteiger charge is -2.28. The van der Waals surface area contributed by atoms with Gasteiger partial charge in [0.15, 0.2) is 12.3 Å². The van der Waals surface area contributed by atoms with Crippen LogP contribution >= 0.6 is 0 Å². The van der Waals surface area contributed by atoms with Crippen molar-refractivity contribution in [3.05, 3.63) is 27.0 Å². The molecule has 2 aliphatic rings. The molecule has 0 radical (unpaired) electrons. The number of hydrogen-bond acceptors (Lipinski definition) is 10. The minimum absolute atomic E-state index is 0.00231. The monoisotopic (exact) mass is 426 g/mol. The molecule has 0 aromatic carbocycles. The maximum Gasteiger partial charge on any atom is 0.347 e. The lowest BCUT2D eigenvalue weighted by Crippen LogP contribution is -2.49. The summed E-state index contributed by atoms with van der Waals surface area (Å²) in [4.78, 5) is 49.6. The highest BCUT2D eigenvalue weighted by molar-refractivity contribution is 5.70. The van der Waals surface area contributed by atoms with Crippen molar-refractivity contribution in [3.8, 4) is 0 Å². The van der Waals surface area contributed by atoms with Crippen LogP contribution < -0.4 is 16.6 Å². The molecule has 1 saturated carbocycles. The Morgan fingerprint density at radius 3 is 2.67 bits per heavy atom.